The van der Waals surface area contributed by atoms with Crippen LogP contribution in [-0.4, -0.2) is 14.7 Å². The van der Waals surface area contributed by atoms with Gasteiger partial charge in [0.1, 0.15) is 12.4 Å². The molecule has 4 nitrogen and oxygen atoms in total. The second kappa shape index (κ2) is 5.89. The number of rotatable bonds is 5. The summed E-state index contributed by atoms with van der Waals surface area (Å²) in [6.07, 6.45) is 3.06. The van der Waals surface area contributed by atoms with Crippen molar-refractivity contribution in [3.8, 4) is 5.75 Å². The van der Waals surface area contributed by atoms with Crippen LogP contribution in [0.5, 0.6) is 5.75 Å². The maximum absolute atomic E-state index is 9.79. The minimum atomic E-state index is -0.536. The molecule has 19 heavy (non-hydrogen) atoms. The smallest absolute Gasteiger partial charge is 0.130 e. The molecule has 0 saturated heterocycles. The van der Waals surface area contributed by atoms with Crippen LogP contribution in [-0.2, 0) is 13.2 Å². The number of aliphatic hydroxyl groups is 1. The van der Waals surface area contributed by atoms with Gasteiger partial charge in [0.15, 0.2) is 0 Å². The summed E-state index contributed by atoms with van der Waals surface area (Å²) in [7, 11) is 0. The van der Waals surface area contributed by atoms with Crippen molar-refractivity contribution in [2.24, 2.45) is 0 Å². The number of nitrogens with zero attached hydrogens (tertiary/aromatic N) is 2. The normalized spacial score (nSPS) is 12.4. The third-order valence-electron chi connectivity index (χ3n) is 3.13. The topological polar surface area (TPSA) is 47.3 Å². The summed E-state index contributed by atoms with van der Waals surface area (Å²) in [5.41, 5.74) is 2.96. The van der Waals surface area contributed by atoms with Crippen molar-refractivity contribution in [3.05, 3.63) is 47.5 Å². The first-order valence-electron chi connectivity index (χ1n) is 6.52. The fraction of sp³-hybridized carbons (Fsp3) is 0.400. The Bertz CT molecular complexity index is 547. The van der Waals surface area contributed by atoms with E-state index in [0.29, 0.717) is 6.61 Å². The largest absolute Gasteiger partial charge is 0.487 e. The molecule has 2 aromatic rings. The summed E-state index contributed by atoms with van der Waals surface area (Å²) >= 11 is 0. The number of hydrogen-bond acceptors (Lipinski definition) is 3. The van der Waals surface area contributed by atoms with Gasteiger partial charge in [0.05, 0.1) is 24.3 Å². The Kier molecular flexibility index (Phi) is 4.22. The lowest BCUT2D eigenvalue weighted by Gasteiger charge is -2.14. The maximum Gasteiger partial charge on any atom is 0.130 e. The summed E-state index contributed by atoms with van der Waals surface area (Å²) in [5, 5.41) is 9.79. The van der Waals surface area contributed by atoms with Crippen molar-refractivity contribution >= 4 is 0 Å². The summed E-state index contributed by atoms with van der Waals surface area (Å²) in [4.78, 5) is 4.11. The fourth-order valence-electron chi connectivity index (χ4n) is 2.03. The fourth-order valence-corrected chi connectivity index (χ4v) is 2.03. The molecule has 0 aliphatic rings. The van der Waals surface area contributed by atoms with Gasteiger partial charge in [-0.15, -0.1) is 0 Å². The molecular formula is C15H20N2O2. The first kappa shape index (κ1) is 13.6. The minimum absolute atomic E-state index is 0.455. The van der Waals surface area contributed by atoms with Crippen LogP contribution in [0.3, 0.4) is 0 Å². The molecule has 1 aromatic heterocycles. The molecule has 0 spiro atoms. The van der Waals surface area contributed by atoms with E-state index in [1.807, 2.05) is 29.7 Å². The summed E-state index contributed by atoms with van der Waals surface area (Å²) in [6, 6.07) is 5.85. The van der Waals surface area contributed by atoms with Crippen molar-refractivity contribution in [1.29, 1.82) is 0 Å². The van der Waals surface area contributed by atoms with Gasteiger partial charge < -0.3 is 14.4 Å². The van der Waals surface area contributed by atoms with E-state index >= 15 is 0 Å². The Balaban J connectivity index is 2.15. The number of aryl methyl sites for hydroxylation is 2. The van der Waals surface area contributed by atoms with E-state index in [2.05, 4.69) is 11.9 Å². The maximum atomic E-state index is 9.79. The Morgan fingerprint density at radius 1 is 1.42 bits per heavy atom. The van der Waals surface area contributed by atoms with E-state index in [0.717, 1.165) is 29.1 Å². The summed E-state index contributed by atoms with van der Waals surface area (Å²) < 4.78 is 7.86. The van der Waals surface area contributed by atoms with Gasteiger partial charge in [-0.2, -0.15) is 0 Å². The molecule has 0 radical (unpaired) electrons. The summed E-state index contributed by atoms with van der Waals surface area (Å²) in [5.74, 6) is 0.726. The molecule has 0 amide bonds. The number of aromatic nitrogens is 2. The number of ether oxygens (including phenoxy) is 1. The van der Waals surface area contributed by atoms with Gasteiger partial charge in [0.2, 0.25) is 0 Å². The predicted molar refractivity (Wildman–Crippen MR) is 74.0 cm³/mol. The third-order valence-corrected chi connectivity index (χ3v) is 3.13. The lowest BCUT2D eigenvalue weighted by atomic mass is 10.1. The summed E-state index contributed by atoms with van der Waals surface area (Å²) in [6.45, 7) is 7.14. The SMILES string of the molecule is CCn1cncc1COc1ccc(C)cc1[C@@H](C)O. The van der Waals surface area contributed by atoms with Crippen LogP contribution in [0.15, 0.2) is 30.7 Å². The molecule has 1 N–H and O–H groups in total. The Morgan fingerprint density at radius 3 is 2.89 bits per heavy atom. The van der Waals surface area contributed by atoms with E-state index in [-0.39, 0.29) is 0 Å². The van der Waals surface area contributed by atoms with Crippen molar-refractivity contribution < 1.29 is 9.84 Å². The lowest BCUT2D eigenvalue weighted by Crippen LogP contribution is -2.06. The number of benzene rings is 1. The van der Waals surface area contributed by atoms with Crippen LogP contribution >= 0.6 is 0 Å². The molecule has 0 aliphatic heterocycles. The highest BCUT2D eigenvalue weighted by Gasteiger charge is 2.10. The Morgan fingerprint density at radius 2 is 2.21 bits per heavy atom. The molecule has 4 heteroatoms. The molecule has 1 aromatic carbocycles. The van der Waals surface area contributed by atoms with E-state index in [9.17, 15) is 5.11 Å². The highest BCUT2D eigenvalue weighted by atomic mass is 16.5. The zero-order valence-electron chi connectivity index (χ0n) is 11.6. The van der Waals surface area contributed by atoms with Gasteiger partial charge >= 0.3 is 0 Å². The molecule has 2 rings (SSSR count). The van der Waals surface area contributed by atoms with Crippen molar-refractivity contribution in [3.63, 3.8) is 0 Å². The van der Waals surface area contributed by atoms with Gasteiger partial charge in [0.25, 0.3) is 0 Å². The van der Waals surface area contributed by atoms with Gasteiger partial charge in [-0.3, -0.25) is 0 Å². The molecule has 0 bridgehead atoms. The molecular weight excluding hydrogens is 240 g/mol. The molecule has 0 saturated carbocycles. The van der Waals surface area contributed by atoms with Crippen LogP contribution in [0.25, 0.3) is 0 Å². The average Bonchev–Trinajstić information content (AvgIpc) is 2.84. The van der Waals surface area contributed by atoms with Gasteiger partial charge in [-0.25, -0.2) is 4.98 Å². The molecule has 0 fully saturated rings. The van der Waals surface area contributed by atoms with Gasteiger partial charge in [-0.1, -0.05) is 11.6 Å². The van der Waals surface area contributed by atoms with Crippen molar-refractivity contribution in [2.45, 2.75) is 40.0 Å². The average molecular weight is 260 g/mol. The van der Waals surface area contributed by atoms with Gasteiger partial charge in [0, 0.05) is 12.1 Å². The molecule has 0 aliphatic carbocycles. The van der Waals surface area contributed by atoms with Crippen molar-refractivity contribution in [1.82, 2.24) is 9.55 Å². The van der Waals surface area contributed by atoms with E-state index in [1.165, 1.54) is 0 Å². The van der Waals surface area contributed by atoms with Crippen molar-refractivity contribution in [2.75, 3.05) is 0 Å². The Hall–Kier alpha value is -1.81. The molecule has 0 unspecified atom stereocenters. The number of hydrogen-bond donors (Lipinski definition) is 1. The zero-order valence-corrected chi connectivity index (χ0v) is 11.6. The third kappa shape index (κ3) is 3.15. The lowest BCUT2D eigenvalue weighted by molar-refractivity contribution is 0.189. The van der Waals surface area contributed by atoms with Crippen LogP contribution in [0.2, 0.25) is 0 Å². The Labute approximate surface area is 113 Å². The second-order valence-corrected chi connectivity index (χ2v) is 4.68. The monoisotopic (exact) mass is 260 g/mol. The van der Waals surface area contributed by atoms with Crippen LogP contribution in [0, 0.1) is 6.92 Å². The molecule has 1 heterocycles. The van der Waals surface area contributed by atoms with Crippen LogP contribution in [0.1, 0.15) is 36.8 Å². The molecule has 102 valence electrons. The number of imidazole rings is 1. The standard InChI is InChI=1S/C15H20N2O2/c1-4-17-10-16-8-13(17)9-19-15-6-5-11(2)7-14(15)12(3)18/h5-8,10,12,18H,4,9H2,1-3H3/t12-/m1/s1. The van der Waals surface area contributed by atoms with Crippen LogP contribution in [0.4, 0.5) is 0 Å². The zero-order chi connectivity index (χ0) is 13.8. The minimum Gasteiger partial charge on any atom is -0.487 e. The van der Waals surface area contributed by atoms with E-state index in [4.69, 9.17) is 4.74 Å². The van der Waals surface area contributed by atoms with Crippen LogP contribution < -0.4 is 4.74 Å². The highest BCUT2D eigenvalue weighted by Crippen LogP contribution is 2.26. The highest BCUT2D eigenvalue weighted by molar-refractivity contribution is 5.38. The van der Waals surface area contributed by atoms with Gasteiger partial charge in [-0.05, 0) is 32.9 Å². The predicted octanol–water partition coefficient (Wildman–Crippen LogP) is 2.84. The first-order valence-corrected chi connectivity index (χ1v) is 6.52. The number of aliphatic hydroxyl groups excluding tert-OH is 1. The van der Waals surface area contributed by atoms with E-state index in [1.54, 1.807) is 19.4 Å². The molecule has 1 atom stereocenters. The quantitative estimate of drug-likeness (QED) is 0.899. The van der Waals surface area contributed by atoms with E-state index < -0.39 is 6.10 Å². The second-order valence-electron chi connectivity index (χ2n) is 4.68. The first-order chi connectivity index (χ1) is 9.11.